The fourth-order valence-corrected chi connectivity index (χ4v) is 2.46. The molecule has 2 rings (SSSR count). The summed E-state index contributed by atoms with van der Waals surface area (Å²) in [6, 6.07) is 21.5. The molecule has 18 heavy (non-hydrogen) atoms. The first-order valence-corrected chi connectivity index (χ1v) is 6.49. The maximum absolute atomic E-state index is 3.85. The second-order valence-corrected chi connectivity index (χ2v) is 4.89. The quantitative estimate of drug-likeness (QED) is 0.644. The van der Waals surface area contributed by atoms with Crippen molar-refractivity contribution in [3.63, 3.8) is 0 Å². The van der Waals surface area contributed by atoms with Gasteiger partial charge >= 0.3 is 0 Å². The zero-order valence-electron chi connectivity index (χ0n) is 11.0. The van der Waals surface area contributed by atoms with Crippen molar-refractivity contribution in [1.82, 2.24) is 0 Å². The highest BCUT2D eigenvalue weighted by Crippen LogP contribution is 2.36. The number of rotatable bonds is 5. The third-order valence-electron chi connectivity index (χ3n) is 3.67. The standard InChI is InChI=1S/C18H20/c1-3-4-15-18(2,16-11-7-5-8-12-16)17-13-9-6-10-14-17/h3,5-14H,1,4,15H2,2H3. The van der Waals surface area contributed by atoms with Crippen LogP contribution >= 0.6 is 0 Å². The molecule has 0 aliphatic carbocycles. The third-order valence-corrected chi connectivity index (χ3v) is 3.67. The van der Waals surface area contributed by atoms with Gasteiger partial charge in [0.1, 0.15) is 0 Å². The number of benzene rings is 2. The molecule has 0 heterocycles. The van der Waals surface area contributed by atoms with E-state index >= 15 is 0 Å². The molecule has 0 aromatic heterocycles. The lowest BCUT2D eigenvalue weighted by Crippen LogP contribution is -2.23. The highest BCUT2D eigenvalue weighted by molar-refractivity contribution is 5.38. The highest BCUT2D eigenvalue weighted by atomic mass is 14.3. The molecule has 0 unspecified atom stereocenters. The monoisotopic (exact) mass is 236 g/mol. The van der Waals surface area contributed by atoms with E-state index in [1.807, 2.05) is 6.08 Å². The van der Waals surface area contributed by atoms with Crippen LogP contribution in [-0.4, -0.2) is 0 Å². The zero-order valence-corrected chi connectivity index (χ0v) is 11.0. The average molecular weight is 236 g/mol. The van der Waals surface area contributed by atoms with E-state index in [0.717, 1.165) is 12.8 Å². The van der Waals surface area contributed by atoms with Crippen molar-refractivity contribution in [3.05, 3.63) is 84.4 Å². The highest BCUT2D eigenvalue weighted by Gasteiger charge is 2.27. The first kappa shape index (κ1) is 12.6. The van der Waals surface area contributed by atoms with Gasteiger partial charge < -0.3 is 0 Å². The Labute approximate surface area is 110 Å². The Morgan fingerprint density at radius 3 is 1.72 bits per heavy atom. The van der Waals surface area contributed by atoms with Gasteiger partial charge in [0.05, 0.1) is 0 Å². The van der Waals surface area contributed by atoms with Gasteiger partial charge in [-0.25, -0.2) is 0 Å². The van der Waals surface area contributed by atoms with Crippen molar-refractivity contribution < 1.29 is 0 Å². The van der Waals surface area contributed by atoms with Gasteiger partial charge in [-0.2, -0.15) is 0 Å². The fraction of sp³-hybridized carbons (Fsp3) is 0.222. The first-order chi connectivity index (χ1) is 8.77. The van der Waals surface area contributed by atoms with Crippen LogP contribution in [0.5, 0.6) is 0 Å². The van der Waals surface area contributed by atoms with Crippen LogP contribution in [0.4, 0.5) is 0 Å². The summed E-state index contributed by atoms with van der Waals surface area (Å²) in [6.07, 6.45) is 4.12. The van der Waals surface area contributed by atoms with Crippen molar-refractivity contribution in [1.29, 1.82) is 0 Å². The van der Waals surface area contributed by atoms with Crippen LogP contribution in [0.3, 0.4) is 0 Å². The summed E-state index contributed by atoms with van der Waals surface area (Å²) < 4.78 is 0. The Kier molecular flexibility index (Phi) is 3.99. The van der Waals surface area contributed by atoms with E-state index < -0.39 is 0 Å². The molecule has 0 nitrogen and oxygen atoms in total. The minimum absolute atomic E-state index is 0.0662. The zero-order chi connectivity index (χ0) is 12.8. The second kappa shape index (κ2) is 5.68. The van der Waals surface area contributed by atoms with Crippen LogP contribution < -0.4 is 0 Å². The molecule has 0 saturated heterocycles. The average Bonchev–Trinajstić information content (AvgIpc) is 2.46. The van der Waals surface area contributed by atoms with Crippen LogP contribution in [0.2, 0.25) is 0 Å². The Morgan fingerprint density at radius 2 is 1.33 bits per heavy atom. The van der Waals surface area contributed by atoms with E-state index in [9.17, 15) is 0 Å². The lowest BCUT2D eigenvalue weighted by molar-refractivity contribution is 0.525. The molecule has 0 saturated carbocycles. The summed E-state index contributed by atoms with van der Waals surface area (Å²) in [5, 5.41) is 0. The van der Waals surface area contributed by atoms with Crippen molar-refractivity contribution >= 4 is 0 Å². The molecule has 0 amide bonds. The second-order valence-electron chi connectivity index (χ2n) is 4.89. The smallest absolute Gasteiger partial charge is 0.0177 e. The molecule has 2 aromatic rings. The first-order valence-electron chi connectivity index (χ1n) is 6.49. The summed E-state index contributed by atoms with van der Waals surface area (Å²) in [5.41, 5.74) is 2.81. The van der Waals surface area contributed by atoms with Crippen LogP contribution in [0.1, 0.15) is 30.9 Å². The maximum atomic E-state index is 3.85. The van der Waals surface area contributed by atoms with Crippen LogP contribution in [-0.2, 0) is 5.41 Å². The molecular formula is C18H20. The summed E-state index contributed by atoms with van der Waals surface area (Å²) in [7, 11) is 0. The summed E-state index contributed by atoms with van der Waals surface area (Å²) in [6.45, 7) is 6.17. The Bertz CT molecular complexity index is 442. The largest absolute Gasteiger partial charge is 0.103 e. The molecule has 0 fully saturated rings. The van der Waals surface area contributed by atoms with Crippen LogP contribution in [0.15, 0.2) is 73.3 Å². The van der Waals surface area contributed by atoms with Gasteiger partial charge in [0, 0.05) is 5.41 Å². The molecule has 0 N–H and O–H groups in total. The van der Waals surface area contributed by atoms with Crippen molar-refractivity contribution in [2.24, 2.45) is 0 Å². The van der Waals surface area contributed by atoms with Crippen molar-refractivity contribution in [3.8, 4) is 0 Å². The molecule has 0 aliphatic heterocycles. The normalized spacial score (nSPS) is 11.2. The predicted octanol–water partition coefficient (Wildman–Crippen LogP) is 4.96. The number of allylic oxidation sites excluding steroid dienone is 1. The van der Waals surface area contributed by atoms with E-state index in [-0.39, 0.29) is 5.41 Å². The van der Waals surface area contributed by atoms with Gasteiger partial charge in [0.25, 0.3) is 0 Å². The summed E-state index contributed by atoms with van der Waals surface area (Å²) in [5.74, 6) is 0. The van der Waals surface area contributed by atoms with Crippen LogP contribution in [0, 0.1) is 0 Å². The molecule has 2 aromatic carbocycles. The molecular weight excluding hydrogens is 216 g/mol. The molecule has 0 atom stereocenters. The van der Waals surface area contributed by atoms with Gasteiger partial charge in [0.2, 0.25) is 0 Å². The Morgan fingerprint density at radius 1 is 0.889 bits per heavy atom. The minimum Gasteiger partial charge on any atom is -0.103 e. The fourth-order valence-electron chi connectivity index (χ4n) is 2.46. The van der Waals surface area contributed by atoms with E-state index in [4.69, 9.17) is 0 Å². The summed E-state index contributed by atoms with van der Waals surface area (Å²) >= 11 is 0. The molecule has 0 heteroatoms. The van der Waals surface area contributed by atoms with Crippen LogP contribution in [0.25, 0.3) is 0 Å². The van der Waals surface area contributed by atoms with Gasteiger partial charge in [-0.1, -0.05) is 73.7 Å². The van der Waals surface area contributed by atoms with Gasteiger partial charge in [-0.15, -0.1) is 6.58 Å². The van der Waals surface area contributed by atoms with Gasteiger partial charge in [-0.3, -0.25) is 0 Å². The van der Waals surface area contributed by atoms with Crippen molar-refractivity contribution in [2.75, 3.05) is 0 Å². The number of hydrogen-bond acceptors (Lipinski definition) is 0. The molecule has 0 bridgehead atoms. The Balaban J connectivity index is 2.44. The van der Waals surface area contributed by atoms with Crippen molar-refractivity contribution in [2.45, 2.75) is 25.2 Å². The van der Waals surface area contributed by atoms with Gasteiger partial charge in [0.15, 0.2) is 0 Å². The third kappa shape index (κ3) is 2.53. The lowest BCUT2D eigenvalue weighted by atomic mass is 9.73. The SMILES string of the molecule is C=CCCC(C)(c1ccccc1)c1ccccc1. The number of hydrogen-bond donors (Lipinski definition) is 0. The van der Waals surface area contributed by atoms with E-state index in [0.29, 0.717) is 0 Å². The minimum atomic E-state index is 0.0662. The lowest BCUT2D eigenvalue weighted by Gasteiger charge is -2.30. The molecule has 0 radical (unpaired) electrons. The molecule has 92 valence electrons. The van der Waals surface area contributed by atoms with E-state index in [1.165, 1.54) is 11.1 Å². The van der Waals surface area contributed by atoms with E-state index in [2.05, 4.69) is 74.2 Å². The Hall–Kier alpha value is -1.82. The van der Waals surface area contributed by atoms with E-state index in [1.54, 1.807) is 0 Å². The topological polar surface area (TPSA) is 0 Å². The predicted molar refractivity (Wildman–Crippen MR) is 78.8 cm³/mol. The molecule has 0 spiro atoms. The molecule has 0 aliphatic rings. The maximum Gasteiger partial charge on any atom is 0.0177 e. The summed E-state index contributed by atoms with van der Waals surface area (Å²) in [4.78, 5) is 0. The van der Waals surface area contributed by atoms with Gasteiger partial charge in [-0.05, 0) is 24.0 Å².